The van der Waals surface area contributed by atoms with E-state index in [1.54, 1.807) is 0 Å². The highest BCUT2D eigenvalue weighted by Gasteiger charge is 2.09. The fourth-order valence-electron chi connectivity index (χ4n) is 1.10. The number of rotatable bonds is 3. The lowest BCUT2D eigenvalue weighted by atomic mass is 10.3. The lowest BCUT2D eigenvalue weighted by Crippen LogP contribution is -2.07. The molecule has 2 rings (SSSR count). The molecule has 8 heteroatoms. The summed E-state index contributed by atoms with van der Waals surface area (Å²) in [5.74, 6) is -1.05. The van der Waals surface area contributed by atoms with Crippen molar-refractivity contribution in [3.8, 4) is 0 Å². The van der Waals surface area contributed by atoms with E-state index in [1.165, 1.54) is 24.7 Å². The highest BCUT2D eigenvalue weighted by Crippen LogP contribution is 2.27. The van der Waals surface area contributed by atoms with Gasteiger partial charge in [-0.15, -0.1) is 0 Å². The molecular formula is C10H6ClN3O3S. The Hall–Kier alpha value is -1.86. The van der Waals surface area contributed by atoms with E-state index in [1.807, 2.05) is 0 Å². The number of nitrogens with zero attached hydrogens (tertiary/aromatic N) is 2. The van der Waals surface area contributed by atoms with Crippen LogP contribution in [0.3, 0.4) is 0 Å². The first-order chi connectivity index (χ1) is 8.58. The van der Waals surface area contributed by atoms with Gasteiger partial charge in [-0.1, -0.05) is 11.6 Å². The van der Waals surface area contributed by atoms with Crippen molar-refractivity contribution in [1.29, 1.82) is 0 Å². The summed E-state index contributed by atoms with van der Waals surface area (Å²) in [6.45, 7) is 0. The number of nitrogens with one attached hydrogen (secondary N) is 1. The monoisotopic (exact) mass is 283 g/mol. The minimum Gasteiger partial charge on any atom is -0.478 e. The summed E-state index contributed by atoms with van der Waals surface area (Å²) in [5, 5.41) is 9.51. The van der Waals surface area contributed by atoms with Crippen molar-refractivity contribution in [2.45, 2.75) is 10.1 Å². The predicted octanol–water partition coefficient (Wildman–Crippen LogP) is 1.67. The number of carboxylic acid groups (broad SMARTS) is 1. The highest BCUT2D eigenvalue weighted by atomic mass is 35.5. The first kappa shape index (κ1) is 12.6. The van der Waals surface area contributed by atoms with Crippen LogP contribution in [-0.2, 0) is 0 Å². The largest absolute Gasteiger partial charge is 0.478 e. The fraction of sp³-hybridized carbons (Fsp3) is 0. The van der Waals surface area contributed by atoms with Crippen molar-refractivity contribution in [3.63, 3.8) is 0 Å². The lowest BCUT2D eigenvalue weighted by molar-refractivity contribution is 0.0696. The van der Waals surface area contributed by atoms with Crippen LogP contribution in [0.4, 0.5) is 0 Å². The van der Waals surface area contributed by atoms with Crippen LogP contribution >= 0.6 is 23.4 Å². The summed E-state index contributed by atoms with van der Waals surface area (Å²) >= 11 is 6.86. The maximum atomic E-state index is 11.2. The molecule has 0 unspecified atom stereocenters. The van der Waals surface area contributed by atoms with Gasteiger partial charge in [0, 0.05) is 6.20 Å². The summed E-state index contributed by atoms with van der Waals surface area (Å²) in [4.78, 5) is 32.1. The minimum atomic E-state index is -1.05. The summed E-state index contributed by atoms with van der Waals surface area (Å²) in [6, 6.07) is 2.94. The maximum Gasteiger partial charge on any atom is 0.337 e. The molecule has 2 aromatic rings. The van der Waals surface area contributed by atoms with Crippen molar-refractivity contribution in [2.75, 3.05) is 0 Å². The van der Waals surface area contributed by atoms with Gasteiger partial charge in [0.2, 0.25) is 0 Å². The minimum absolute atomic E-state index is 0.0217. The van der Waals surface area contributed by atoms with Crippen molar-refractivity contribution in [1.82, 2.24) is 15.0 Å². The second kappa shape index (κ2) is 5.19. The van der Waals surface area contributed by atoms with E-state index in [0.717, 1.165) is 11.8 Å². The van der Waals surface area contributed by atoms with E-state index in [2.05, 4.69) is 15.0 Å². The molecule has 2 heterocycles. The van der Waals surface area contributed by atoms with Crippen LogP contribution in [0.25, 0.3) is 0 Å². The smallest absolute Gasteiger partial charge is 0.337 e. The van der Waals surface area contributed by atoms with E-state index in [0.29, 0.717) is 10.1 Å². The SMILES string of the molecule is O=C(O)c1ccc(Sc2nc[nH]c(=O)c2Cl)nc1. The Morgan fingerprint density at radius 2 is 2.17 bits per heavy atom. The van der Waals surface area contributed by atoms with Gasteiger partial charge in [-0.3, -0.25) is 4.79 Å². The van der Waals surface area contributed by atoms with Gasteiger partial charge in [-0.2, -0.15) is 0 Å². The molecule has 0 aliphatic heterocycles. The van der Waals surface area contributed by atoms with Crippen molar-refractivity contribution in [3.05, 3.63) is 45.6 Å². The molecule has 18 heavy (non-hydrogen) atoms. The average Bonchev–Trinajstić information content (AvgIpc) is 2.36. The highest BCUT2D eigenvalue weighted by molar-refractivity contribution is 7.99. The third-order valence-electron chi connectivity index (χ3n) is 1.95. The summed E-state index contributed by atoms with van der Waals surface area (Å²) in [5.41, 5.74) is -0.347. The van der Waals surface area contributed by atoms with Crippen LogP contribution in [0, 0.1) is 0 Å². The van der Waals surface area contributed by atoms with Gasteiger partial charge in [0.05, 0.1) is 11.9 Å². The molecular weight excluding hydrogens is 278 g/mol. The van der Waals surface area contributed by atoms with Crippen LogP contribution in [0.1, 0.15) is 10.4 Å². The molecule has 6 nitrogen and oxygen atoms in total. The zero-order valence-electron chi connectivity index (χ0n) is 8.75. The van der Waals surface area contributed by atoms with E-state index in [4.69, 9.17) is 16.7 Å². The molecule has 92 valence electrons. The van der Waals surface area contributed by atoms with Gasteiger partial charge in [0.15, 0.2) is 0 Å². The van der Waals surface area contributed by atoms with Gasteiger partial charge < -0.3 is 10.1 Å². The number of aromatic carboxylic acids is 1. The Morgan fingerprint density at radius 1 is 1.39 bits per heavy atom. The molecule has 0 bridgehead atoms. The third kappa shape index (κ3) is 2.69. The zero-order valence-corrected chi connectivity index (χ0v) is 10.3. The number of carbonyl (C=O) groups is 1. The molecule has 0 fully saturated rings. The van der Waals surface area contributed by atoms with Gasteiger partial charge in [-0.05, 0) is 23.9 Å². The first-order valence-corrected chi connectivity index (χ1v) is 5.88. The number of H-pyrrole nitrogens is 1. The Bertz CT molecular complexity index is 642. The second-order valence-corrected chi connectivity index (χ2v) is 4.53. The van der Waals surface area contributed by atoms with Gasteiger partial charge in [0.25, 0.3) is 5.56 Å². The van der Waals surface area contributed by atoms with Crippen LogP contribution in [0.2, 0.25) is 5.02 Å². The molecule has 0 aromatic carbocycles. The zero-order chi connectivity index (χ0) is 13.1. The Balaban J connectivity index is 2.26. The molecule has 0 atom stereocenters. The van der Waals surface area contributed by atoms with Gasteiger partial charge in [0.1, 0.15) is 15.1 Å². The summed E-state index contributed by atoms with van der Waals surface area (Å²) in [6.07, 6.45) is 2.47. The van der Waals surface area contributed by atoms with E-state index >= 15 is 0 Å². The van der Waals surface area contributed by atoms with Crippen molar-refractivity contribution in [2.24, 2.45) is 0 Å². The number of hydrogen-bond donors (Lipinski definition) is 2. The maximum absolute atomic E-state index is 11.2. The van der Waals surface area contributed by atoms with E-state index in [-0.39, 0.29) is 10.6 Å². The number of halogens is 1. The topological polar surface area (TPSA) is 95.9 Å². The van der Waals surface area contributed by atoms with Gasteiger partial charge >= 0.3 is 5.97 Å². The summed E-state index contributed by atoms with van der Waals surface area (Å²) < 4.78 is 0. The fourth-order valence-corrected chi connectivity index (χ4v) is 2.05. The van der Waals surface area contributed by atoms with Crippen LogP contribution < -0.4 is 5.56 Å². The molecule has 2 N–H and O–H groups in total. The second-order valence-electron chi connectivity index (χ2n) is 3.14. The molecule has 0 aliphatic rings. The van der Waals surface area contributed by atoms with Gasteiger partial charge in [-0.25, -0.2) is 14.8 Å². The molecule has 2 aromatic heterocycles. The Morgan fingerprint density at radius 3 is 2.78 bits per heavy atom. The normalized spacial score (nSPS) is 10.3. The molecule has 0 spiro atoms. The standard InChI is InChI=1S/C10H6ClN3O3S/c11-7-8(15)13-4-14-9(7)18-6-2-1-5(3-12-6)10(16)17/h1-4H,(H,16,17)(H,13,14,15). The van der Waals surface area contributed by atoms with Crippen LogP contribution in [0.15, 0.2) is 39.5 Å². The number of aromatic nitrogens is 3. The molecule has 0 radical (unpaired) electrons. The number of pyridine rings is 1. The van der Waals surface area contributed by atoms with Crippen molar-refractivity contribution < 1.29 is 9.90 Å². The average molecular weight is 284 g/mol. The Labute approximate surface area is 110 Å². The van der Waals surface area contributed by atoms with E-state index in [9.17, 15) is 9.59 Å². The number of aromatic amines is 1. The summed E-state index contributed by atoms with van der Waals surface area (Å²) in [7, 11) is 0. The quantitative estimate of drug-likeness (QED) is 0.832. The lowest BCUT2D eigenvalue weighted by Gasteiger charge is -2.01. The first-order valence-electron chi connectivity index (χ1n) is 4.68. The predicted molar refractivity (Wildman–Crippen MR) is 65.2 cm³/mol. The van der Waals surface area contributed by atoms with Crippen LogP contribution in [-0.4, -0.2) is 26.0 Å². The molecule has 0 aliphatic carbocycles. The number of carboxylic acids is 1. The molecule has 0 saturated carbocycles. The Kier molecular flexibility index (Phi) is 3.63. The van der Waals surface area contributed by atoms with E-state index < -0.39 is 11.5 Å². The number of hydrogen-bond acceptors (Lipinski definition) is 5. The third-order valence-corrected chi connectivity index (χ3v) is 3.37. The van der Waals surface area contributed by atoms with Crippen molar-refractivity contribution >= 4 is 29.3 Å². The van der Waals surface area contributed by atoms with Crippen LogP contribution in [0.5, 0.6) is 0 Å². The molecule has 0 amide bonds. The molecule has 0 saturated heterocycles.